The first kappa shape index (κ1) is 16.1. The van der Waals surface area contributed by atoms with E-state index in [0.29, 0.717) is 0 Å². The van der Waals surface area contributed by atoms with Crippen LogP contribution in [0, 0.1) is 16.2 Å². The van der Waals surface area contributed by atoms with Crippen molar-refractivity contribution in [2.45, 2.75) is 61.8 Å². The minimum Gasteiger partial charge on any atom is -0.296 e. The number of imide groups is 1. The molecule has 3 nitrogen and oxygen atoms in total. The molecule has 0 aromatic carbocycles. The second kappa shape index (κ2) is 4.79. The fraction of sp³-hybridized carbons (Fsp3) is 0.857. The van der Waals surface area contributed by atoms with Crippen molar-refractivity contribution in [2.75, 3.05) is 0 Å². The standard InChI is InChI=1S/C14H27NO2/c1-12(2,3)9-14(7,8)11(17)15-10(16)13(4,5)6/h9H2,1-8H3,(H,15,16,17). The van der Waals surface area contributed by atoms with Crippen molar-refractivity contribution >= 4 is 11.8 Å². The number of hydrogen-bond acceptors (Lipinski definition) is 2. The van der Waals surface area contributed by atoms with E-state index in [1.807, 2.05) is 13.8 Å². The summed E-state index contributed by atoms with van der Waals surface area (Å²) in [5, 5.41) is 2.50. The molecule has 100 valence electrons. The van der Waals surface area contributed by atoms with Crippen molar-refractivity contribution in [2.24, 2.45) is 16.2 Å². The average molecular weight is 241 g/mol. The highest BCUT2D eigenvalue weighted by Gasteiger charge is 2.35. The van der Waals surface area contributed by atoms with E-state index in [1.165, 1.54) is 0 Å². The van der Waals surface area contributed by atoms with E-state index in [1.54, 1.807) is 20.8 Å². The first-order chi connectivity index (χ1) is 7.26. The van der Waals surface area contributed by atoms with Gasteiger partial charge in [-0.3, -0.25) is 14.9 Å². The predicted molar refractivity (Wildman–Crippen MR) is 70.5 cm³/mol. The van der Waals surface area contributed by atoms with Gasteiger partial charge in [0.15, 0.2) is 0 Å². The number of nitrogens with one attached hydrogen (secondary N) is 1. The van der Waals surface area contributed by atoms with E-state index in [9.17, 15) is 9.59 Å². The third-order valence-corrected chi connectivity index (χ3v) is 2.50. The van der Waals surface area contributed by atoms with Crippen molar-refractivity contribution in [3.05, 3.63) is 0 Å². The third kappa shape index (κ3) is 5.85. The normalized spacial score (nSPS) is 13.4. The molecule has 0 aromatic heterocycles. The molecule has 1 N–H and O–H groups in total. The van der Waals surface area contributed by atoms with Crippen LogP contribution >= 0.6 is 0 Å². The van der Waals surface area contributed by atoms with E-state index in [2.05, 4.69) is 26.1 Å². The van der Waals surface area contributed by atoms with Gasteiger partial charge in [0.1, 0.15) is 0 Å². The molecule has 0 spiro atoms. The maximum Gasteiger partial charge on any atom is 0.232 e. The number of hydrogen-bond donors (Lipinski definition) is 1. The molecule has 0 bridgehead atoms. The van der Waals surface area contributed by atoms with E-state index in [4.69, 9.17) is 0 Å². The Morgan fingerprint density at radius 2 is 1.24 bits per heavy atom. The van der Waals surface area contributed by atoms with E-state index >= 15 is 0 Å². The van der Waals surface area contributed by atoms with Crippen molar-refractivity contribution < 1.29 is 9.59 Å². The summed E-state index contributed by atoms with van der Waals surface area (Å²) in [7, 11) is 0. The fourth-order valence-electron chi connectivity index (χ4n) is 1.87. The van der Waals surface area contributed by atoms with Crippen LogP contribution in [-0.4, -0.2) is 11.8 Å². The van der Waals surface area contributed by atoms with Crippen LogP contribution in [0.5, 0.6) is 0 Å². The van der Waals surface area contributed by atoms with Gasteiger partial charge in [-0.25, -0.2) is 0 Å². The summed E-state index contributed by atoms with van der Waals surface area (Å²) in [5.41, 5.74) is -1.00. The molecule has 0 atom stereocenters. The molecular weight excluding hydrogens is 214 g/mol. The van der Waals surface area contributed by atoms with Crippen molar-refractivity contribution in [3.8, 4) is 0 Å². The highest BCUT2D eigenvalue weighted by atomic mass is 16.2. The first-order valence-corrected chi connectivity index (χ1v) is 6.12. The van der Waals surface area contributed by atoms with Crippen LogP contribution in [-0.2, 0) is 9.59 Å². The summed E-state index contributed by atoms with van der Waals surface area (Å²) in [6.07, 6.45) is 0.739. The molecule has 3 heteroatoms. The molecule has 0 fully saturated rings. The molecule has 0 saturated heterocycles. The van der Waals surface area contributed by atoms with Gasteiger partial charge in [-0.1, -0.05) is 55.4 Å². The lowest BCUT2D eigenvalue weighted by atomic mass is 9.75. The lowest BCUT2D eigenvalue weighted by Gasteiger charge is -2.31. The predicted octanol–water partition coefficient (Wildman–Crippen LogP) is 3.14. The molecule has 0 rings (SSSR count). The van der Waals surface area contributed by atoms with Crippen molar-refractivity contribution in [1.29, 1.82) is 0 Å². The second-order valence-corrected chi connectivity index (χ2v) is 7.65. The molecule has 0 aliphatic rings. The zero-order valence-electron chi connectivity index (χ0n) is 12.5. The topological polar surface area (TPSA) is 46.2 Å². The Morgan fingerprint density at radius 3 is 1.53 bits per heavy atom. The van der Waals surface area contributed by atoms with E-state index < -0.39 is 10.8 Å². The smallest absolute Gasteiger partial charge is 0.232 e. The molecule has 0 aliphatic carbocycles. The number of carbonyl (C=O) groups excluding carboxylic acids is 2. The minimum atomic E-state index is -0.534. The van der Waals surface area contributed by atoms with Gasteiger partial charge in [-0.2, -0.15) is 0 Å². The van der Waals surface area contributed by atoms with Crippen LogP contribution in [0.1, 0.15) is 61.8 Å². The number of amides is 2. The number of rotatable bonds is 2. The average Bonchev–Trinajstić information content (AvgIpc) is 1.96. The monoisotopic (exact) mass is 241 g/mol. The SMILES string of the molecule is CC(C)(C)CC(C)(C)C(=O)NC(=O)C(C)(C)C. The molecule has 0 aromatic rings. The quantitative estimate of drug-likeness (QED) is 0.807. The van der Waals surface area contributed by atoms with Gasteiger partial charge in [0.05, 0.1) is 0 Å². The molecule has 17 heavy (non-hydrogen) atoms. The lowest BCUT2D eigenvalue weighted by molar-refractivity contribution is -0.140. The van der Waals surface area contributed by atoms with E-state index in [-0.39, 0.29) is 17.2 Å². The van der Waals surface area contributed by atoms with Crippen LogP contribution in [0.15, 0.2) is 0 Å². The van der Waals surface area contributed by atoms with Crippen LogP contribution in [0.25, 0.3) is 0 Å². The minimum absolute atomic E-state index is 0.0611. The molecule has 0 heterocycles. The lowest BCUT2D eigenvalue weighted by Crippen LogP contribution is -2.46. The van der Waals surface area contributed by atoms with Gasteiger partial charge in [0.2, 0.25) is 11.8 Å². The van der Waals surface area contributed by atoms with Crippen LogP contribution in [0.2, 0.25) is 0 Å². The van der Waals surface area contributed by atoms with Gasteiger partial charge in [-0.05, 0) is 11.8 Å². The zero-order chi connectivity index (χ0) is 14.1. The Balaban J connectivity index is 4.67. The maximum atomic E-state index is 12.1. The first-order valence-electron chi connectivity index (χ1n) is 6.12. The zero-order valence-corrected chi connectivity index (χ0v) is 12.5. The summed E-state index contributed by atoms with van der Waals surface area (Å²) >= 11 is 0. The third-order valence-electron chi connectivity index (χ3n) is 2.50. The summed E-state index contributed by atoms with van der Waals surface area (Å²) < 4.78 is 0. The molecule has 0 saturated carbocycles. The Morgan fingerprint density at radius 1 is 0.824 bits per heavy atom. The molecule has 0 aliphatic heterocycles. The van der Waals surface area contributed by atoms with Gasteiger partial charge >= 0.3 is 0 Å². The van der Waals surface area contributed by atoms with Crippen LogP contribution < -0.4 is 5.32 Å². The molecular formula is C14H27NO2. The molecule has 2 amide bonds. The fourth-order valence-corrected chi connectivity index (χ4v) is 1.87. The highest BCUT2D eigenvalue weighted by molar-refractivity contribution is 5.99. The highest BCUT2D eigenvalue weighted by Crippen LogP contribution is 2.33. The van der Waals surface area contributed by atoms with Gasteiger partial charge in [-0.15, -0.1) is 0 Å². The van der Waals surface area contributed by atoms with Crippen LogP contribution in [0.3, 0.4) is 0 Å². The van der Waals surface area contributed by atoms with Crippen LogP contribution in [0.4, 0.5) is 0 Å². The largest absolute Gasteiger partial charge is 0.296 e. The molecule has 0 radical (unpaired) electrons. The molecule has 0 unspecified atom stereocenters. The Kier molecular flexibility index (Phi) is 4.55. The number of carbonyl (C=O) groups is 2. The summed E-state index contributed by atoms with van der Waals surface area (Å²) in [5.74, 6) is -0.406. The van der Waals surface area contributed by atoms with E-state index in [0.717, 1.165) is 6.42 Å². The van der Waals surface area contributed by atoms with Crippen molar-refractivity contribution in [3.63, 3.8) is 0 Å². The summed E-state index contributed by atoms with van der Waals surface area (Å²) in [4.78, 5) is 23.8. The maximum absolute atomic E-state index is 12.1. The summed E-state index contributed by atoms with van der Waals surface area (Å²) in [6, 6.07) is 0. The van der Waals surface area contributed by atoms with Crippen molar-refractivity contribution in [1.82, 2.24) is 5.32 Å². The Bertz CT molecular complexity index is 303. The van der Waals surface area contributed by atoms with Gasteiger partial charge in [0.25, 0.3) is 0 Å². The second-order valence-electron chi connectivity index (χ2n) is 7.65. The van der Waals surface area contributed by atoms with Gasteiger partial charge in [0, 0.05) is 10.8 Å². The Labute approximate surface area is 105 Å². The van der Waals surface area contributed by atoms with Gasteiger partial charge < -0.3 is 0 Å². The Hall–Kier alpha value is -0.860. The summed E-state index contributed by atoms with van der Waals surface area (Å²) in [6.45, 7) is 15.4.